The fourth-order valence-electron chi connectivity index (χ4n) is 1.28. The highest BCUT2D eigenvalue weighted by Gasteiger charge is 2.03. The molecule has 0 aliphatic rings. The molecule has 1 aromatic carbocycles. The second-order valence-electron chi connectivity index (χ2n) is 2.96. The van der Waals surface area contributed by atoms with Gasteiger partial charge in [-0.05, 0) is 12.1 Å². The van der Waals surface area contributed by atoms with E-state index in [2.05, 4.69) is 20.9 Å². The predicted molar refractivity (Wildman–Crippen MR) is 57.3 cm³/mol. The van der Waals surface area contributed by atoms with Gasteiger partial charge < -0.3 is 9.72 Å². The van der Waals surface area contributed by atoms with Gasteiger partial charge in [0.15, 0.2) is 0 Å². The third kappa shape index (κ3) is 1.80. The van der Waals surface area contributed by atoms with Crippen molar-refractivity contribution >= 4 is 32.8 Å². The van der Waals surface area contributed by atoms with Crippen molar-refractivity contribution in [2.75, 3.05) is 0 Å². The van der Waals surface area contributed by atoms with Crippen LogP contribution in [0.1, 0.15) is 6.92 Å². The highest BCUT2D eigenvalue weighted by Crippen LogP contribution is 2.23. The number of carbonyl (C=O) groups excluding carboxylic acids is 1. The van der Waals surface area contributed by atoms with E-state index in [1.54, 1.807) is 6.07 Å². The molecular formula is C10H8BrNO2. The van der Waals surface area contributed by atoms with Crippen LogP contribution in [0, 0.1) is 0 Å². The van der Waals surface area contributed by atoms with Gasteiger partial charge in [-0.25, -0.2) is 0 Å². The van der Waals surface area contributed by atoms with Gasteiger partial charge in [-0.3, -0.25) is 4.79 Å². The van der Waals surface area contributed by atoms with E-state index in [0.29, 0.717) is 5.88 Å². The first-order valence-electron chi connectivity index (χ1n) is 4.12. The first kappa shape index (κ1) is 9.27. The molecule has 1 aromatic heterocycles. The van der Waals surface area contributed by atoms with E-state index < -0.39 is 0 Å². The minimum atomic E-state index is -0.323. The summed E-state index contributed by atoms with van der Waals surface area (Å²) in [7, 11) is 0. The second-order valence-corrected chi connectivity index (χ2v) is 3.87. The minimum Gasteiger partial charge on any atom is -0.410 e. The Morgan fingerprint density at radius 2 is 2.21 bits per heavy atom. The summed E-state index contributed by atoms with van der Waals surface area (Å²) in [5, 5.41) is 1.02. The lowest BCUT2D eigenvalue weighted by Gasteiger charge is -1.93. The van der Waals surface area contributed by atoms with Gasteiger partial charge in [0.1, 0.15) is 0 Å². The third-order valence-electron chi connectivity index (χ3n) is 1.81. The molecule has 1 N–H and O–H groups in total. The van der Waals surface area contributed by atoms with E-state index in [-0.39, 0.29) is 5.97 Å². The molecule has 0 atom stereocenters. The molecule has 2 rings (SSSR count). The molecule has 0 fully saturated rings. The number of benzene rings is 1. The molecule has 0 spiro atoms. The van der Waals surface area contributed by atoms with Gasteiger partial charge in [-0.2, -0.15) is 0 Å². The van der Waals surface area contributed by atoms with E-state index in [1.807, 2.05) is 18.2 Å². The number of H-pyrrole nitrogens is 1. The Hall–Kier alpha value is -1.29. The number of nitrogens with one attached hydrogen (secondary N) is 1. The molecule has 0 unspecified atom stereocenters. The van der Waals surface area contributed by atoms with Gasteiger partial charge in [0.25, 0.3) is 0 Å². The predicted octanol–water partition coefficient (Wildman–Crippen LogP) is 2.86. The molecule has 4 heteroatoms. The van der Waals surface area contributed by atoms with Crippen molar-refractivity contribution < 1.29 is 9.53 Å². The summed E-state index contributed by atoms with van der Waals surface area (Å²) in [6.07, 6.45) is 0. The van der Waals surface area contributed by atoms with Crippen molar-refractivity contribution in [1.82, 2.24) is 4.98 Å². The van der Waals surface area contributed by atoms with Crippen LogP contribution < -0.4 is 4.74 Å². The number of hydrogen-bond acceptors (Lipinski definition) is 2. The lowest BCUT2D eigenvalue weighted by Crippen LogP contribution is -2.00. The van der Waals surface area contributed by atoms with Crippen LogP contribution in [0.15, 0.2) is 28.7 Å². The fraction of sp³-hybridized carbons (Fsp3) is 0.100. The first-order chi connectivity index (χ1) is 6.65. The number of fused-ring (bicyclic) bond motifs is 1. The van der Waals surface area contributed by atoms with Gasteiger partial charge in [0.2, 0.25) is 5.88 Å². The average molecular weight is 254 g/mol. The van der Waals surface area contributed by atoms with Crippen LogP contribution in [0.5, 0.6) is 5.88 Å². The first-order valence-corrected chi connectivity index (χ1v) is 4.91. The monoisotopic (exact) mass is 253 g/mol. The second kappa shape index (κ2) is 3.46. The molecule has 72 valence electrons. The number of rotatable bonds is 1. The summed E-state index contributed by atoms with van der Waals surface area (Å²) in [5.74, 6) is 0.154. The topological polar surface area (TPSA) is 42.1 Å². The Morgan fingerprint density at radius 1 is 1.43 bits per heavy atom. The van der Waals surface area contributed by atoms with E-state index in [1.165, 1.54) is 6.92 Å². The summed E-state index contributed by atoms with van der Waals surface area (Å²) in [5.41, 5.74) is 0.940. The number of esters is 1. The highest BCUT2D eigenvalue weighted by atomic mass is 79.9. The van der Waals surface area contributed by atoms with Crippen molar-refractivity contribution in [1.29, 1.82) is 0 Å². The van der Waals surface area contributed by atoms with E-state index in [4.69, 9.17) is 4.74 Å². The Balaban J connectivity index is 2.46. The number of halogens is 1. The average Bonchev–Trinajstić information content (AvgIpc) is 2.44. The fourth-order valence-corrected chi connectivity index (χ4v) is 1.64. The molecule has 0 radical (unpaired) electrons. The largest absolute Gasteiger partial charge is 0.410 e. The quantitative estimate of drug-likeness (QED) is 0.795. The molecule has 1 heterocycles. The van der Waals surface area contributed by atoms with Crippen LogP contribution in [-0.4, -0.2) is 11.0 Å². The molecule has 14 heavy (non-hydrogen) atoms. The van der Waals surface area contributed by atoms with Crippen LogP contribution in [0.4, 0.5) is 0 Å². The maximum Gasteiger partial charge on any atom is 0.309 e. The number of aromatic amines is 1. The SMILES string of the molecule is CC(=O)Oc1cc2ccc(Br)cc2[nH]1. The molecule has 0 amide bonds. The Morgan fingerprint density at radius 3 is 2.93 bits per heavy atom. The normalized spacial score (nSPS) is 10.4. The minimum absolute atomic E-state index is 0.323. The van der Waals surface area contributed by atoms with Crippen molar-refractivity contribution in [2.45, 2.75) is 6.92 Å². The van der Waals surface area contributed by atoms with Crippen LogP contribution >= 0.6 is 15.9 Å². The molecule has 0 aliphatic carbocycles. The summed E-state index contributed by atoms with van der Waals surface area (Å²) in [6, 6.07) is 7.61. The van der Waals surface area contributed by atoms with Gasteiger partial charge in [0, 0.05) is 28.4 Å². The molecule has 2 aromatic rings. The highest BCUT2D eigenvalue weighted by molar-refractivity contribution is 9.10. The van der Waals surface area contributed by atoms with E-state index in [9.17, 15) is 4.79 Å². The maximum atomic E-state index is 10.7. The molecule has 0 aliphatic heterocycles. The number of hydrogen-bond donors (Lipinski definition) is 1. The number of aromatic nitrogens is 1. The standard InChI is InChI=1S/C10H8BrNO2/c1-6(13)14-10-4-7-2-3-8(11)5-9(7)12-10/h2-5,12H,1H3. The lowest BCUT2D eigenvalue weighted by molar-refractivity contribution is -0.132. The van der Waals surface area contributed by atoms with Gasteiger partial charge >= 0.3 is 5.97 Å². The third-order valence-corrected chi connectivity index (χ3v) is 2.31. The van der Waals surface area contributed by atoms with Crippen LogP contribution in [0.2, 0.25) is 0 Å². The van der Waals surface area contributed by atoms with Gasteiger partial charge in [-0.15, -0.1) is 0 Å². The number of carbonyl (C=O) groups is 1. The van der Waals surface area contributed by atoms with Crippen LogP contribution in [0.25, 0.3) is 10.9 Å². The van der Waals surface area contributed by atoms with Crippen molar-refractivity contribution in [3.05, 3.63) is 28.7 Å². The van der Waals surface area contributed by atoms with Crippen molar-refractivity contribution in [3.8, 4) is 5.88 Å². The summed E-state index contributed by atoms with van der Waals surface area (Å²) in [4.78, 5) is 13.7. The lowest BCUT2D eigenvalue weighted by atomic mass is 10.2. The van der Waals surface area contributed by atoms with Crippen LogP contribution in [0.3, 0.4) is 0 Å². The zero-order valence-corrected chi connectivity index (χ0v) is 9.09. The zero-order chi connectivity index (χ0) is 10.1. The summed E-state index contributed by atoms with van der Waals surface area (Å²) in [6.45, 7) is 1.38. The summed E-state index contributed by atoms with van der Waals surface area (Å²) >= 11 is 3.36. The molecule has 3 nitrogen and oxygen atoms in total. The molecule has 0 saturated heterocycles. The molecule has 0 bridgehead atoms. The number of ether oxygens (including phenoxy) is 1. The smallest absolute Gasteiger partial charge is 0.309 e. The molecule has 0 saturated carbocycles. The molecular weight excluding hydrogens is 246 g/mol. The van der Waals surface area contributed by atoms with E-state index in [0.717, 1.165) is 15.4 Å². The van der Waals surface area contributed by atoms with E-state index >= 15 is 0 Å². The van der Waals surface area contributed by atoms with Gasteiger partial charge in [0.05, 0.1) is 0 Å². The Kier molecular flexibility index (Phi) is 2.29. The van der Waals surface area contributed by atoms with Crippen LogP contribution in [-0.2, 0) is 4.79 Å². The maximum absolute atomic E-state index is 10.7. The van der Waals surface area contributed by atoms with Crippen molar-refractivity contribution in [3.63, 3.8) is 0 Å². The Bertz CT molecular complexity index is 490. The van der Waals surface area contributed by atoms with Gasteiger partial charge in [-0.1, -0.05) is 22.0 Å². The van der Waals surface area contributed by atoms with Crippen molar-refractivity contribution in [2.24, 2.45) is 0 Å². The Labute approximate surface area is 89.2 Å². The summed E-state index contributed by atoms with van der Waals surface area (Å²) < 4.78 is 5.92. The zero-order valence-electron chi connectivity index (χ0n) is 7.50.